The molecule has 0 saturated carbocycles. The monoisotopic (exact) mass is 397 g/mol. The van der Waals surface area contributed by atoms with Crippen molar-refractivity contribution in [2.75, 3.05) is 37.3 Å². The molecule has 9 nitrogen and oxygen atoms in total. The van der Waals surface area contributed by atoms with Crippen LogP contribution in [0.2, 0.25) is 0 Å². The standard InChI is InChI=1S/C20H27N7O2/c1-13(2)23-6-4-5-19(28)27-11-15(12-27)25-16-7-14(8-24-20(16)29)17-9-22-10-18(21-3)26-17/h4-5,7-10,13,15,23,25H,6,11-12H2,1-3H3,(H,21,26)(H,24,29)/b5-4+. The lowest BCUT2D eigenvalue weighted by atomic mass is 10.1. The van der Waals surface area contributed by atoms with E-state index < -0.39 is 0 Å². The Morgan fingerprint density at radius 1 is 1.38 bits per heavy atom. The van der Waals surface area contributed by atoms with Crippen LogP contribution < -0.4 is 21.5 Å². The first kappa shape index (κ1) is 20.5. The van der Waals surface area contributed by atoms with Crippen molar-refractivity contribution in [2.24, 2.45) is 0 Å². The maximum Gasteiger partial charge on any atom is 0.271 e. The van der Waals surface area contributed by atoms with Gasteiger partial charge in [0, 0.05) is 50.6 Å². The average Bonchev–Trinajstić information content (AvgIpc) is 2.68. The summed E-state index contributed by atoms with van der Waals surface area (Å²) in [7, 11) is 1.77. The Balaban J connectivity index is 1.58. The van der Waals surface area contributed by atoms with E-state index in [1.54, 1.807) is 42.7 Å². The summed E-state index contributed by atoms with van der Waals surface area (Å²) in [5.74, 6) is 0.628. The quantitative estimate of drug-likeness (QED) is 0.492. The van der Waals surface area contributed by atoms with E-state index in [2.05, 4.69) is 44.7 Å². The number of anilines is 2. The van der Waals surface area contributed by atoms with Crippen molar-refractivity contribution in [1.29, 1.82) is 0 Å². The van der Waals surface area contributed by atoms with Crippen molar-refractivity contribution >= 4 is 17.4 Å². The van der Waals surface area contributed by atoms with Gasteiger partial charge in [0.15, 0.2) is 0 Å². The molecule has 1 saturated heterocycles. The number of pyridine rings is 1. The van der Waals surface area contributed by atoms with Gasteiger partial charge in [-0.25, -0.2) is 4.98 Å². The van der Waals surface area contributed by atoms with E-state index in [0.717, 1.165) is 5.56 Å². The Morgan fingerprint density at radius 3 is 2.90 bits per heavy atom. The van der Waals surface area contributed by atoms with Crippen LogP contribution in [0.4, 0.5) is 11.5 Å². The third-order valence-electron chi connectivity index (χ3n) is 4.55. The van der Waals surface area contributed by atoms with Crippen LogP contribution in [0.15, 0.2) is 41.6 Å². The van der Waals surface area contributed by atoms with Crippen LogP contribution in [-0.4, -0.2) is 64.5 Å². The number of H-pyrrole nitrogens is 1. The maximum atomic E-state index is 12.2. The highest BCUT2D eigenvalue weighted by Crippen LogP contribution is 2.20. The predicted molar refractivity (Wildman–Crippen MR) is 114 cm³/mol. The number of hydrogen-bond acceptors (Lipinski definition) is 7. The van der Waals surface area contributed by atoms with Crippen LogP contribution in [0, 0.1) is 0 Å². The van der Waals surface area contributed by atoms with Gasteiger partial charge in [0.2, 0.25) is 5.91 Å². The zero-order chi connectivity index (χ0) is 20.8. The molecule has 9 heteroatoms. The number of nitrogens with zero attached hydrogens (tertiary/aromatic N) is 3. The number of likely N-dealkylation sites (tertiary alicyclic amines) is 1. The molecule has 4 N–H and O–H groups in total. The molecule has 0 radical (unpaired) electrons. The van der Waals surface area contributed by atoms with E-state index in [-0.39, 0.29) is 17.5 Å². The van der Waals surface area contributed by atoms with E-state index in [0.29, 0.717) is 42.9 Å². The van der Waals surface area contributed by atoms with Crippen molar-refractivity contribution in [3.8, 4) is 11.3 Å². The molecular formula is C20H27N7O2. The lowest BCUT2D eigenvalue weighted by Crippen LogP contribution is -2.57. The Kier molecular flexibility index (Phi) is 6.61. The third-order valence-corrected chi connectivity index (χ3v) is 4.55. The van der Waals surface area contributed by atoms with Crippen LogP contribution in [0.25, 0.3) is 11.3 Å². The summed E-state index contributed by atoms with van der Waals surface area (Å²) >= 11 is 0. The van der Waals surface area contributed by atoms with Crippen LogP contribution in [0.3, 0.4) is 0 Å². The summed E-state index contributed by atoms with van der Waals surface area (Å²) in [6.45, 7) is 5.89. The zero-order valence-electron chi connectivity index (χ0n) is 16.9. The molecule has 1 fully saturated rings. The predicted octanol–water partition coefficient (Wildman–Crippen LogP) is 1.05. The van der Waals surface area contributed by atoms with Crippen molar-refractivity contribution in [3.63, 3.8) is 0 Å². The molecule has 0 aliphatic carbocycles. The first-order valence-electron chi connectivity index (χ1n) is 9.64. The van der Waals surface area contributed by atoms with Gasteiger partial charge in [-0.1, -0.05) is 19.9 Å². The SMILES string of the molecule is CNc1cncc(-c2c[nH]c(=O)c(NC3CN(C(=O)/C=C/CNC(C)C)C3)c2)n1. The lowest BCUT2D eigenvalue weighted by Gasteiger charge is -2.39. The second kappa shape index (κ2) is 9.33. The van der Waals surface area contributed by atoms with Crippen LogP contribution in [0.5, 0.6) is 0 Å². The van der Waals surface area contributed by atoms with Crippen molar-refractivity contribution in [2.45, 2.75) is 25.9 Å². The minimum absolute atomic E-state index is 0.0181. The molecule has 2 aromatic heterocycles. The molecule has 29 heavy (non-hydrogen) atoms. The number of rotatable bonds is 8. The van der Waals surface area contributed by atoms with Crippen molar-refractivity contribution < 1.29 is 4.79 Å². The Morgan fingerprint density at radius 2 is 2.17 bits per heavy atom. The summed E-state index contributed by atoms with van der Waals surface area (Å²) in [4.78, 5) is 37.4. The first-order valence-corrected chi connectivity index (χ1v) is 9.64. The fourth-order valence-electron chi connectivity index (χ4n) is 2.90. The number of aromatic amines is 1. The molecule has 3 heterocycles. The zero-order valence-corrected chi connectivity index (χ0v) is 16.9. The first-order chi connectivity index (χ1) is 14.0. The van der Waals surface area contributed by atoms with Gasteiger partial charge < -0.3 is 25.8 Å². The van der Waals surface area contributed by atoms with Crippen LogP contribution in [-0.2, 0) is 4.79 Å². The minimum atomic E-state index is -0.212. The van der Waals surface area contributed by atoms with E-state index in [9.17, 15) is 9.59 Å². The molecule has 1 aliphatic rings. The van der Waals surface area contributed by atoms with Gasteiger partial charge in [0.25, 0.3) is 5.56 Å². The van der Waals surface area contributed by atoms with Gasteiger partial charge in [-0.15, -0.1) is 0 Å². The summed E-state index contributed by atoms with van der Waals surface area (Å²) in [6.07, 6.45) is 8.30. The molecular weight excluding hydrogens is 370 g/mol. The average molecular weight is 397 g/mol. The molecule has 1 aliphatic heterocycles. The number of aromatic nitrogens is 3. The Labute approximate surface area is 169 Å². The fourth-order valence-corrected chi connectivity index (χ4v) is 2.90. The van der Waals surface area contributed by atoms with Gasteiger partial charge in [-0.05, 0) is 6.07 Å². The smallest absolute Gasteiger partial charge is 0.271 e. The highest BCUT2D eigenvalue weighted by atomic mass is 16.2. The number of amides is 1. The molecule has 2 aromatic rings. The van der Waals surface area contributed by atoms with Crippen LogP contribution in [0.1, 0.15) is 13.8 Å². The Bertz CT molecular complexity index is 932. The van der Waals surface area contributed by atoms with Crippen LogP contribution >= 0.6 is 0 Å². The van der Waals surface area contributed by atoms with Gasteiger partial charge in [0.1, 0.15) is 11.5 Å². The van der Waals surface area contributed by atoms with E-state index in [1.165, 1.54) is 0 Å². The summed E-state index contributed by atoms with van der Waals surface area (Å²) in [5.41, 5.74) is 1.65. The molecule has 3 rings (SSSR count). The van der Waals surface area contributed by atoms with E-state index in [1.807, 2.05) is 6.08 Å². The number of hydrogen-bond donors (Lipinski definition) is 4. The second-order valence-electron chi connectivity index (χ2n) is 7.22. The molecule has 0 unspecified atom stereocenters. The summed E-state index contributed by atoms with van der Waals surface area (Å²) < 4.78 is 0. The molecule has 0 atom stereocenters. The normalized spacial score (nSPS) is 14.3. The largest absolute Gasteiger partial charge is 0.374 e. The number of carbonyl (C=O) groups is 1. The van der Waals surface area contributed by atoms with Crippen molar-refractivity contribution in [3.05, 3.63) is 47.2 Å². The van der Waals surface area contributed by atoms with Gasteiger partial charge in [-0.3, -0.25) is 14.6 Å². The third kappa shape index (κ3) is 5.41. The summed E-state index contributed by atoms with van der Waals surface area (Å²) in [6, 6.07) is 2.17. The van der Waals surface area contributed by atoms with Crippen molar-refractivity contribution in [1.82, 2.24) is 25.2 Å². The molecule has 0 spiro atoms. The maximum absolute atomic E-state index is 12.2. The van der Waals surface area contributed by atoms with Gasteiger partial charge in [-0.2, -0.15) is 0 Å². The minimum Gasteiger partial charge on any atom is -0.374 e. The molecule has 0 bridgehead atoms. The van der Waals surface area contributed by atoms with E-state index in [4.69, 9.17) is 0 Å². The molecule has 154 valence electrons. The second-order valence-corrected chi connectivity index (χ2v) is 7.22. The number of nitrogens with one attached hydrogen (secondary N) is 4. The lowest BCUT2D eigenvalue weighted by molar-refractivity contribution is -0.129. The highest BCUT2D eigenvalue weighted by Gasteiger charge is 2.29. The van der Waals surface area contributed by atoms with E-state index >= 15 is 0 Å². The topological polar surface area (TPSA) is 115 Å². The fraction of sp³-hybridized carbons (Fsp3) is 0.400. The Hall–Kier alpha value is -3.20. The molecule has 1 amide bonds. The summed E-state index contributed by atoms with van der Waals surface area (Å²) in [5, 5.41) is 9.39. The van der Waals surface area contributed by atoms with Gasteiger partial charge in [0.05, 0.1) is 24.1 Å². The number of carbonyl (C=O) groups excluding carboxylic acids is 1. The van der Waals surface area contributed by atoms with Gasteiger partial charge >= 0.3 is 0 Å². The molecule has 0 aromatic carbocycles. The highest BCUT2D eigenvalue weighted by molar-refractivity contribution is 5.88.